The zero-order valence-electron chi connectivity index (χ0n) is 14.0. The van der Waals surface area contributed by atoms with Gasteiger partial charge in [-0.05, 0) is 43.5 Å². The quantitative estimate of drug-likeness (QED) is 0.829. The van der Waals surface area contributed by atoms with Crippen molar-refractivity contribution in [3.05, 3.63) is 29.8 Å². The molecule has 23 heavy (non-hydrogen) atoms. The maximum Gasteiger partial charge on any atom is 0.119 e. The first-order chi connectivity index (χ1) is 10.7. The van der Waals surface area contributed by atoms with Crippen molar-refractivity contribution in [3.63, 3.8) is 0 Å². The molecule has 1 saturated heterocycles. The third-order valence-electron chi connectivity index (χ3n) is 5.04. The summed E-state index contributed by atoms with van der Waals surface area (Å²) in [6, 6.07) is 8.60. The molecule has 1 aliphatic carbocycles. The van der Waals surface area contributed by atoms with Crippen molar-refractivity contribution in [1.29, 1.82) is 0 Å². The number of nitrogens with two attached hydrogens (primary N) is 1. The topological polar surface area (TPSA) is 47.7 Å². The van der Waals surface area contributed by atoms with Gasteiger partial charge in [-0.15, -0.1) is 12.4 Å². The van der Waals surface area contributed by atoms with E-state index in [-0.39, 0.29) is 12.4 Å². The molecule has 4 nitrogen and oxygen atoms in total. The van der Waals surface area contributed by atoms with Gasteiger partial charge in [0.1, 0.15) is 5.75 Å². The van der Waals surface area contributed by atoms with Crippen LogP contribution in [-0.2, 0) is 11.3 Å². The highest BCUT2D eigenvalue weighted by atomic mass is 35.5. The second-order valence-electron chi connectivity index (χ2n) is 7.01. The molecule has 1 aromatic carbocycles. The van der Waals surface area contributed by atoms with E-state index < -0.39 is 0 Å². The molecule has 2 N–H and O–H groups in total. The number of methoxy groups -OCH3 is 1. The van der Waals surface area contributed by atoms with E-state index in [1.165, 1.54) is 19.3 Å². The van der Waals surface area contributed by atoms with Crippen molar-refractivity contribution < 1.29 is 9.47 Å². The zero-order valence-corrected chi connectivity index (χ0v) is 14.8. The summed E-state index contributed by atoms with van der Waals surface area (Å²) in [5, 5.41) is 0. The first-order valence-electron chi connectivity index (χ1n) is 8.38. The van der Waals surface area contributed by atoms with Crippen molar-refractivity contribution >= 4 is 12.4 Å². The Morgan fingerprint density at radius 3 is 2.78 bits per heavy atom. The van der Waals surface area contributed by atoms with E-state index in [9.17, 15) is 0 Å². The molecule has 0 aromatic heterocycles. The van der Waals surface area contributed by atoms with E-state index in [4.69, 9.17) is 15.2 Å². The smallest absolute Gasteiger partial charge is 0.119 e. The number of likely N-dealkylation sites (tertiary alicyclic amines) is 1. The molecule has 1 saturated carbocycles. The summed E-state index contributed by atoms with van der Waals surface area (Å²) >= 11 is 0. The van der Waals surface area contributed by atoms with Crippen LogP contribution in [0.4, 0.5) is 0 Å². The summed E-state index contributed by atoms with van der Waals surface area (Å²) in [4.78, 5) is 2.52. The molecular formula is C18H29ClN2O2. The molecule has 1 aliphatic heterocycles. The Morgan fingerprint density at radius 2 is 2.17 bits per heavy atom. The Balaban J connectivity index is 0.00000192. The predicted molar refractivity (Wildman–Crippen MR) is 95.2 cm³/mol. The van der Waals surface area contributed by atoms with Gasteiger partial charge >= 0.3 is 0 Å². The normalized spacial score (nSPS) is 23.1. The molecule has 0 unspecified atom stereocenters. The minimum absolute atomic E-state index is 0. The Kier molecular flexibility index (Phi) is 6.72. The van der Waals surface area contributed by atoms with Gasteiger partial charge in [-0.25, -0.2) is 0 Å². The number of ether oxygens (including phenoxy) is 2. The second kappa shape index (κ2) is 8.34. The van der Waals surface area contributed by atoms with Crippen LogP contribution in [0.25, 0.3) is 0 Å². The molecular weight excluding hydrogens is 312 g/mol. The average Bonchev–Trinajstić information content (AvgIpc) is 2.88. The van der Waals surface area contributed by atoms with Gasteiger partial charge in [0.25, 0.3) is 0 Å². The van der Waals surface area contributed by atoms with Crippen molar-refractivity contribution in [2.75, 3.05) is 33.4 Å². The van der Waals surface area contributed by atoms with Gasteiger partial charge in [-0.1, -0.05) is 18.6 Å². The monoisotopic (exact) mass is 340 g/mol. The summed E-state index contributed by atoms with van der Waals surface area (Å²) in [6.45, 7) is 4.78. The van der Waals surface area contributed by atoms with Gasteiger partial charge in [0.05, 0.1) is 13.2 Å². The molecule has 1 heterocycles. The van der Waals surface area contributed by atoms with Gasteiger partial charge in [-0.2, -0.15) is 0 Å². The minimum atomic E-state index is 0. The first-order valence-corrected chi connectivity index (χ1v) is 8.38. The highest BCUT2D eigenvalue weighted by Gasteiger charge is 2.40. The number of rotatable bonds is 7. The van der Waals surface area contributed by atoms with Crippen molar-refractivity contribution in [2.24, 2.45) is 11.1 Å². The lowest BCUT2D eigenvalue weighted by atomic mass is 9.69. The molecule has 2 aliphatic rings. The molecule has 0 bridgehead atoms. The highest BCUT2D eigenvalue weighted by molar-refractivity contribution is 5.85. The molecule has 0 radical (unpaired) electrons. The summed E-state index contributed by atoms with van der Waals surface area (Å²) in [5.74, 6) is 0.957. The molecule has 0 amide bonds. The molecule has 1 aromatic rings. The van der Waals surface area contributed by atoms with Gasteiger partial charge in [0.2, 0.25) is 0 Å². The van der Waals surface area contributed by atoms with Gasteiger partial charge in [0.15, 0.2) is 0 Å². The van der Waals surface area contributed by atoms with Crippen molar-refractivity contribution in [1.82, 2.24) is 4.90 Å². The number of halogens is 1. The lowest BCUT2D eigenvalue weighted by Gasteiger charge is -2.44. The van der Waals surface area contributed by atoms with E-state index in [0.29, 0.717) is 18.1 Å². The maximum absolute atomic E-state index is 6.12. The van der Waals surface area contributed by atoms with E-state index in [1.54, 1.807) is 7.11 Å². The fourth-order valence-electron chi connectivity index (χ4n) is 3.63. The average molecular weight is 341 g/mol. The third-order valence-corrected chi connectivity index (χ3v) is 5.04. The predicted octanol–water partition coefficient (Wildman–Crippen LogP) is 2.84. The Morgan fingerprint density at radius 1 is 1.35 bits per heavy atom. The number of hydrogen-bond acceptors (Lipinski definition) is 4. The highest BCUT2D eigenvalue weighted by Crippen LogP contribution is 2.42. The standard InChI is InChI=1S/C18H28N2O2.ClH/c1-21-12-15-4-2-5-17(10-15)22-14-18(7-3-8-18)13-20-9-6-16(19)11-20;/h2,4-5,10,16H,3,6-9,11-14,19H2,1H3;1H/t16-;/m0./s1. The summed E-state index contributed by atoms with van der Waals surface area (Å²) in [5.41, 5.74) is 7.52. The van der Waals surface area contributed by atoms with Crippen molar-refractivity contribution in [2.45, 2.75) is 38.3 Å². The SMILES string of the molecule is COCc1cccc(OCC2(CN3CC[C@H](N)C3)CCC2)c1.Cl. The van der Waals surface area contributed by atoms with Crippen LogP contribution in [0.5, 0.6) is 5.75 Å². The summed E-state index contributed by atoms with van der Waals surface area (Å²) in [7, 11) is 1.72. The van der Waals surface area contributed by atoms with Crippen LogP contribution in [0.2, 0.25) is 0 Å². The Hall–Kier alpha value is -0.810. The first kappa shape index (κ1) is 18.5. The number of benzene rings is 1. The lowest BCUT2D eigenvalue weighted by molar-refractivity contribution is 0.0240. The van der Waals surface area contributed by atoms with E-state index >= 15 is 0 Å². The lowest BCUT2D eigenvalue weighted by Crippen LogP contribution is -2.46. The molecule has 1 atom stereocenters. The van der Waals surface area contributed by atoms with Gasteiger partial charge in [-0.3, -0.25) is 0 Å². The fourth-order valence-corrected chi connectivity index (χ4v) is 3.63. The fraction of sp³-hybridized carbons (Fsp3) is 0.667. The third kappa shape index (κ3) is 4.83. The van der Waals surface area contributed by atoms with E-state index in [1.807, 2.05) is 12.1 Å². The van der Waals surface area contributed by atoms with Crippen LogP contribution < -0.4 is 10.5 Å². The number of nitrogens with zero attached hydrogens (tertiary/aromatic N) is 1. The molecule has 5 heteroatoms. The zero-order chi connectivity index (χ0) is 15.4. The van der Waals surface area contributed by atoms with Crippen LogP contribution >= 0.6 is 12.4 Å². The largest absolute Gasteiger partial charge is 0.493 e. The van der Waals surface area contributed by atoms with Gasteiger partial charge < -0.3 is 20.1 Å². The molecule has 3 rings (SSSR count). The van der Waals surface area contributed by atoms with Gasteiger partial charge in [0, 0.05) is 31.7 Å². The van der Waals surface area contributed by atoms with E-state index in [0.717, 1.165) is 44.0 Å². The molecule has 130 valence electrons. The van der Waals surface area contributed by atoms with Crippen LogP contribution in [-0.4, -0.2) is 44.3 Å². The summed E-state index contributed by atoms with van der Waals surface area (Å²) in [6.07, 6.45) is 5.01. The minimum Gasteiger partial charge on any atom is -0.493 e. The molecule has 2 fully saturated rings. The Bertz CT molecular complexity index is 494. The maximum atomic E-state index is 6.12. The van der Waals surface area contributed by atoms with E-state index in [2.05, 4.69) is 17.0 Å². The summed E-state index contributed by atoms with van der Waals surface area (Å²) < 4.78 is 11.3. The second-order valence-corrected chi connectivity index (χ2v) is 7.01. The van der Waals surface area contributed by atoms with Crippen LogP contribution in [0.1, 0.15) is 31.2 Å². The number of hydrogen-bond donors (Lipinski definition) is 1. The van der Waals surface area contributed by atoms with Crippen LogP contribution in [0, 0.1) is 5.41 Å². The van der Waals surface area contributed by atoms with Crippen LogP contribution in [0.3, 0.4) is 0 Å². The molecule has 0 spiro atoms. The van der Waals surface area contributed by atoms with Crippen LogP contribution in [0.15, 0.2) is 24.3 Å². The Labute approximate surface area is 145 Å². The van der Waals surface area contributed by atoms with Crippen molar-refractivity contribution in [3.8, 4) is 5.75 Å².